The second-order valence-electron chi connectivity index (χ2n) is 5.17. The summed E-state index contributed by atoms with van der Waals surface area (Å²) >= 11 is 0. The van der Waals surface area contributed by atoms with Gasteiger partial charge in [-0.05, 0) is 31.5 Å². The minimum Gasteiger partial charge on any atom is -0.294 e. The van der Waals surface area contributed by atoms with Crippen LogP contribution in [0.2, 0.25) is 0 Å². The number of carbonyl (C=O) groups is 1. The molecule has 0 unspecified atom stereocenters. The van der Waals surface area contributed by atoms with Gasteiger partial charge in [0.25, 0.3) is 0 Å². The molecule has 0 atom stereocenters. The topological polar surface area (TPSA) is 17.1 Å². The maximum atomic E-state index is 12.2. The molecule has 0 spiro atoms. The Labute approximate surface area is 126 Å². The highest BCUT2D eigenvalue weighted by Crippen LogP contribution is 2.13. The third-order valence-corrected chi connectivity index (χ3v) is 3.17. The first-order chi connectivity index (χ1) is 10.1. The van der Waals surface area contributed by atoms with Gasteiger partial charge < -0.3 is 0 Å². The molecule has 1 nitrogen and oxygen atoms in total. The smallest absolute Gasteiger partial charge is 0.168 e. The predicted octanol–water partition coefficient (Wildman–Crippen LogP) is 4.54. The summed E-state index contributed by atoms with van der Waals surface area (Å²) in [5.74, 6) is 6.34. The number of rotatable bonds is 3. The van der Waals surface area contributed by atoms with E-state index in [0.717, 1.165) is 22.3 Å². The van der Waals surface area contributed by atoms with E-state index in [-0.39, 0.29) is 5.78 Å². The van der Waals surface area contributed by atoms with E-state index in [9.17, 15) is 4.79 Å². The van der Waals surface area contributed by atoms with Crippen LogP contribution in [-0.4, -0.2) is 5.78 Å². The molecule has 0 saturated heterocycles. The number of allylic oxidation sites excluding steroid dienone is 1. The number of benzene rings is 2. The van der Waals surface area contributed by atoms with Crippen LogP contribution in [0.5, 0.6) is 0 Å². The monoisotopic (exact) mass is 274 g/mol. The Bertz CT molecular complexity index is 742. The quantitative estimate of drug-likeness (QED) is 0.456. The minimum absolute atomic E-state index is 0.0668. The zero-order valence-corrected chi connectivity index (χ0v) is 12.4. The first kappa shape index (κ1) is 14.8. The number of hydrogen-bond donors (Lipinski definition) is 0. The normalized spacial score (nSPS) is 9.62. The Morgan fingerprint density at radius 3 is 2.24 bits per heavy atom. The average molecular weight is 274 g/mol. The van der Waals surface area contributed by atoms with Crippen molar-refractivity contribution in [2.24, 2.45) is 0 Å². The summed E-state index contributed by atoms with van der Waals surface area (Å²) in [5, 5.41) is 0. The van der Waals surface area contributed by atoms with Crippen molar-refractivity contribution in [2.75, 3.05) is 0 Å². The van der Waals surface area contributed by atoms with Crippen LogP contribution in [0.15, 0.2) is 60.7 Å². The molecular formula is C20H18O. The standard InChI is InChI=1S/C20H18O/c1-15(2)14-20(21)19-11-7-6-10-18(19)13-12-17-9-5-4-8-16(17)3/h4-11H,1,14H2,2-3H3. The van der Waals surface area contributed by atoms with Gasteiger partial charge in [0, 0.05) is 23.1 Å². The minimum atomic E-state index is 0.0668. The van der Waals surface area contributed by atoms with E-state index < -0.39 is 0 Å². The first-order valence-corrected chi connectivity index (χ1v) is 6.92. The fourth-order valence-corrected chi connectivity index (χ4v) is 2.05. The largest absolute Gasteiger partial charge is 0.294 e. The van der Waals surface area contributed by atoms with Gasteiger partial charge in [-0.15, -0.1) is 0 Å². The summed E-state index contributed by atoms with van der Waals surface area (Å²) in [4.78, 5) is 12.2. The molecule has 0 amide bonds. The zero-order chi connectivity index (χ0) is 15.2. The van der Waals surface area contributed by atoms with Crippen LogP contribution >= 0.6 is 0 Å². The van der Waals surface area contributed by atoms with Gasteiger partial charge in [-0.1, -0.05) is 60.4 Å². The molecule has 1 heteroatoms. The third-order valence-electron chi connectivity index (χ3n) is 3.17. The van der Waals surface area contributed by atoms with Gasteiger partial charge in [0.05, 0.1) is 0 Å². The van der Waals surface area contributed by atoms with Gasteiger partial charge in [0.15, 0.2) is 5.78 Å². The van der Waals surface area contributed by atoms with Gasteiger partial charge in [-0.3, -0.25) is 4.79 Å². The molecule has 0 fully saturated rings. The summed E-state index contributed by atoms with van der Waals surface area (Å²) in [6.07, 6.45) is 0.364. The second-order valence-corrected chi connectivity index (χ2v) is 5.17. The molecule has 2 aromatic carbocycles. The number of Topliss-reactive ketones (excluding diaryl/α,β-unsaturated/α-hetero) is 1. The van der Waals surface area contributed by atoms with E-state index in [4.69, 9.17) is 0 Å². The van der Waals surface area contributed by atoms with Crippen LogP contribution in [-0.2, 0) is 0 Å². The molecule has 0 bridgehead atoms. The highest BCUT2D eigenvalue weighted by molar-refractivity contribution is 5.99. The highest BCUT2D eigenvalue weighted by atomic mass is 16.1. The zero-order valence-electron chi connectivity index (χ0n) is 12.4. The number of aryl methyl sites for hydroxylation is 1. The maximum Gasteiger partial charge on any atom is 0.168 e. The summed E-state index contributed by atoms with van der Waals surface area (Å²) in [7, 11) is 0. The van der Waals surface area contributed by atoms with Gasteiger partial charge in [-0.25, -0.2) is 0 Å². The van der Waals surface area contributed by atoms with E-state index in [1.165, 1.54) is 0 Å². The van der Waals surface area contributed by atoms with Crippen LogP contribution in [0, 0.1) is 18.8 Å². The Morgan fingerprint density at radius 1 is 1.00 bits per heavy atom. The van der Waals surface area contributed by atoms with Crippen molar-refractivity contribution in [1.29, 1.82) is 0 Å². The van der Waals surface area contributed by atoms with E-state index >= 15 is 0 Å². The lowest BCUT2D eigenvalue weighted by atomic mass is 9.99. The molecule has 0 radical (unpaired) electrons. The van der Waals surface area contributed by atoms with Crippen molar-refractivity contribution in [3.63, 3.8) is 0 Å². The molecule has 0 aliphatic carbocycles. The molecule has 0 saturated carbocycles. The molecular weight excluding hydrogens is 256 g/mol. The maximum absolute atomic E-state index is 12.2. The Kier molecular flexibility index (Phi) is 4.74. The van der Waals surface area contributed by atoms with Crippen LogP contribution < -0.4 is 0 Å². The fraction of sp³-hybridized carbons (Fsp3) is 0.150. The van der Waals surface area contributed by atoms with Gasteiger partial charge >= 0.3 is 0 Å². The molecule has 21 heavy (non-hydrogen) atoms. The fourth-order valence-electron chi connectivity index (χ4n) is 2.05. The van der Waals surface area contributed by atoms with Crippen LogP contribution in [0.1, 0.15) is 40.4 Å². The number of ketones is 1. The van der Waals surface area contributed by atoms with Crippen molar-refractivity contribution < 1.29 is 4.79 Å². The predicted molar refractivity (Wildman–Crippen MR) is 87.4 cm³/mol. The third kappa shape index (κ3) is 3.94. The number of carbonyl (C=O) groups excluding carboxylic acids is 1. The summed E-state index contributed by atoms with van der Waals surface area (Å²) < 4.78 is 0. The molecule has 2 aromatic rings. The van der Waals surface area contributed by atoms with E-state index in [1.807, 2.05) is 62.4 Å². The molecule has 0 aromatic heterocycles. The first-order valence-electron chi connectivity index (χ1n) is 6.92. The van der Waals surface area contributed by atoms with Gasteiger partial charge in [-0.2, -0.15) is 0 Å². The van der Waals surface area contributed by atoms with Gasteiger partial charge in [0.2, 0.25) is 0 Å². The molecule has 0 heterocycles. The lowest BCUT2D eigenvalue weighted by Crippen LogP contribution is -2.02. The summed E-state index contributed by atoms with van der Waals surface area (Å²) in [5.41, 5.74) is 4.42. The van der Waals surface area contributed by atoms with E-state index in [1.54, 1.807) is 0 Å². The van der Waals surface area contributed by atoms with E-state index in [0.29, 0.717) is 12.0 Å². The molecule has 104 valence electrons. The van der Waals surface area contributed by atoms with Gasteiger partial charge in [0.1, 0.15) is 0 Å². The van der Waals surface area contributed by atoms with Crippen LogP contribution in [0.25, 0.3) is 0 Å². The SMILES string of the molecule is C=C(C)CC(=O)c1ccccc1C#Cc1ccccc1C. The summed E-state index contributed by atoms with van der Waals surface area (Å²) in [6.45, 7) is 7.69. The Morgan fingerprint density at radius 2 is 1.57 bits per heavy atom. The van der Waals surface area contributed by atoms with Crippen molar-refractivity contribution in [1.82, 2.24) is 0 Å². The number of hydrogen-bond acceptors (Lipinski definition) is 1. The molecule has 0 aliphatic rings. The van der Waals surface area contributed by atoms with Crippen LogP contribution in [0.3, 0.4) is 0 Å². The lowest BCUT2D eigenvalue weighted by molar-refractivity contribution is 0.0993. The molecule has 2 rings (SSSR count). The lowest BCUT2D eigenvalue weighted by Gasteiger charge is -2.03. The Hall–Kier alpha value is -2.59. The van der Waals surface area contributed by atoms with Crippen molar-refractivity contribution in [2.45, 2.75) is 20.3 Å². The van der Waals surface area contributed by atoms with Crippen molar-refractivity contribution in [3.05, 3.63) is 82.9 Å². The van der Waals surface area contributed by atoms with Crippen molar-refractivity contribution >= 4 is 5.78 Å². The molecule has 0 N–H and O–H groups in total. The highest BCUT2D eigenvalue weighted by Gasteiger charge is 2.09. The van der Waals surface area contributed by atoms with E-state index in [2.05, 4.69) is 18.4 Å². The summed E-state index contributed by atoms with van der Waals surface area (Å²) in [6, 6.07) is 15.5. The Balaban J connectivity index is 2.36. The average Bonchev–Trinajstić information content (AvgIpc) is 2.46. The van der Waals surface area contributed by atoms with Crippen LogP contribution in [0.4, 0.5) is 0 Å². The van der Waals surface area contributed by atoms with Crippen molar-refractivity contribution in [3.8, 4) is 11.8 Å². The molecule has 0 aliphatic heterocycles. The second kappa shape index (κ2) is 6.72.